The predicted octanol–water partition coefficient (Wildman–Crippen LogP) is 4.92. The normalized spacial score (nSPS) is 11.4. The van der Waals surface area contributed by atoms with Gasteiger partial charge in [-0.2, -0.15) is 0 Å². The van der Waals surface area contributed by atoms with Crippen LogP contribution >= 0.6 is 0 Å². The molecule has 3 aromatic rings. The van der Waals surface area contributed by atoms with E-state index < -0.39 is 0 Å². The molecule has 0 fully saturated rings. The van der Waals surface area contributed by atoms with Crippen LogP contribution in [0.25, 0.3) is 11.0 Å². The molecule has 4 nitrogen and oxygen atoms in total. The van der Waals surface area contributed by atoms with E-state index >= 15 is 0 Å². The van der Waals surface area contributed by atoms with E-state index in [2.05, 4.69) is 56.2 Å². The summed E-state index contributed by atoms with van der Waals surface area (Å²) in [5.41, 5.74) is 5.19. The third-order valence-electron chi connectivity index (χ3n) is 4.48. The highest BCUT2D eigenvalue weighted by molar-refractivity contribution is 5.93. The summed E-state index contributed by atoms with van der Waals surface area (Å²) in [4.78, 5) is 17.1. The van der Waals surface area contributed by atoms with Crippen molar-refractivity contribution in [2.45, 2.75) is 46.1 Å². The van der Waals surface area contributed by atoms with Crippen LogP contribution < -0.4 is 5.32 Å². The number of para-hydroxylation sites is 3. The zero-order valence-corrected chi connectivity index (χ0v) is 15.3. The molecule has 3 rings (SSSR count). The fourth-order valence-electron chi connectivity index (χ4n) is 3.17. The second kappa shape index (κ2) is 7.09. The topological polar surface area (TPSA) is 46.9 Å². The van der Waals surface area contributed by atoms with Crippen LogP contribution in [0.5, 0.6) is 0 Å². The van der Waals surface area contributed by atoms with Gasteiger partial charge in [0.15, 0.2) is 0 Å². The molecule has 1 N–H and O–H groups in total. The zero-order valence-electron chi connectivity index (χ0n) is 15.3. The Kier molecular flexibility index (Phi) is 4.88. The van der Waals surface area contributed by atoms with Gasteiger partial charge >= 0.3 is 0 Å². The number of benzene rings is 2. The lowest BCUT2D eigenvalue weighted by Gasteiger charge is -2.20. The molecule has 0 saturated carbocycles. The van der Waals surface area contributed by atoms with E-state index in [9.17, 15) is 4.79 Å². The Morgan fingerprint density at radius 3 is 2.28 bits per heavy atom. The molecule has 0 aliphatic rings. The van der Waals surface area contributed by atoms with Crippen molar-refractivity contribution < 1.29 is 4.79 Å². The summed E-state index contributed by atoms with van der Waals surface area (Å²) < 4.78 is 1.89. The minimum absolute atomic E-state index is 0.0295. The van der Waals surface area contributed by atoms with Gasteiger partial charge in [0.2, 0.25) is 5.91 Å². The van der Waals surface area contributed by atoms with Crippen molar-refractivity contribution in [1.82, 2.24) is 9.55 Å². The van der Waals surface area contributed by atoms with E-state index in [1.54, 1.807) is 6.33 Å². The monoisotopic (exact) mass is 335 g/mol. The van der Waals surface area contributed by atoms with Crippen molar-refractivity contribution >= 4 is 22.6 Å². The number of nitrogens with zero attached hydrogens (tertiary/aromatic N) is 2. The summed E-state index contributed by atoms with van der Waals surface area (Å²) in [5, 5.41) is 3.16. The summed E-state index contributed by atoms with van der Waals surface area (Å²) in [6.45, 7) is 8.86. The maximum Gasteiger partial charge on any atom is 0.244 e. The molecule has 0 bridgehead atoms. The van der Waals surface area contributed by atoms with Gasteiger partial charge in [0, 0.05) is 5.69 Å². The Morgan fingerprint density at radius 2 is 1.64 bits per heavy atom. The van der Waals surface area contributed by atoms with Crippen LogP contribution in [0.3, 0.4) is 0 Å². The maximum atomic E-state index is 12.7. The molecule has 0 saturated heterocycles. The molecule has 0 unspecified atom stereocenters. The number of anilines is 1. The first kappa shape index (κ1) is 17.2. The number of rotatable bonds is 5. The van der Waals surface area contributed by atoms with Crippen molar-refractivity contribution in [1.29, 1.82) is 0 Å². The SMILES string of the molecule is CC(C)c1cccc(C(C)C)c1NC(=O)Cn1cnc2ccccc21. The number of hydrogen-bond acceptors (Lipinski definition) is 2. The molecule has 4 heteroatoms. The number of fused-ring (bicyclic) bond motifs is 1. The first-order valence-corrected chi connectivity index (χ1v) is 8.80. The molecule has 25 heavy (non-hydrogen) atoms. The van der Waals surface area contributed by atoms with Crippen molar-refractivity contribution in [2.24, 2.45) is 0 Å². The van der Waals surface area contributed by atoms with Crippen LogP contribution in [0.4, 0.5) is 5.69 Å². The molecule has 0 radical (unpaired) electrons. The molecule has 130 valence electrons. The van der Waals surface area contributed by atoms with Gasteiger partial charge in [0.25, 0.3) is 0 Å². The maximum absolute atomic E-state index is 12.7. The lowest BCUT2D eigenvalue weighted by atomic mass is 9.92. The minimum atomic E-state index is -0.0295. The lowest BCUT2D eigenvalue weighted by Crippen LogP contribution is -2.20. The van der Waals surface area contributed by atoms with Crippen LogP contribution in [0.2, 0.25) is 0 Å². The van der Waals surface area contributed by atoms with E-state index in [1.165, 1.54) is 11.1 Å². The average Bonchev–Trinajstić information content (AvgIpc) is 2.97. The Balaban J connectivity index is 1.88. The number of aromatic nitrogens is 2. The van der Waals surface area contributed by atoms with Gasteiger partial charge in [0.05, 0.1) is 17.4 Å². The van der Waals surface area contributed by atoms with Crippen LogP contribution in [0, 0.1) is 0 Å². The Bertz CT molecular complexity index is 867. The Hall–Kier alpha value is -2.62. The van der Waals surface area contributed by atoms with Gasteiger partial charge in [-0.1, -0.05) is 58.0 Å². The zero-order chi connectivity index (χ0) is 18.0. The average molecular weight is 335 g/mol. The first-order valence-electron chi connectivity index (χ1n) is 8.80. The summed E-state index contributed by atoms with van der Waals surface area (Å²) in [7, 11) is 0. The molecule has 2 aromatic carbocycles. The standard InChI is InChI=1S/C21H25N3O/c1-14(2)16-8-7-9-17(15(3)4)21(16)23-20(25)12-24-13-22-18-10-5-6-11-19(18)24/h5-11,13-15H,12H2,1-4H3,(H,23,25). The van der Waals surface area contributed by atoms with Gasteiger partial charge in [-0.15, -0.1) is 0 Å². The van der Waals surface area contributed by atoms with Crippen molar-refractivity contribution in [3.05, 3.63) is 59.9 Å². The van der Waals surface area contributed by atoms with E-state index in [1.807, 2.05) is 28.8 Å². The molecule has 1 amide bonds. The van der Waals surface area contributed by atoms with Gasteiger partial charge < -0.3 is 9.88 Å². The summed E-state index contributed by atoms with van der Waals surface area (Å²) >= 11 is 0. The highest BCUT2D eigenvalue weighted by Crippen LogP contribution is 2.32. The van der Waals surface area contributed by atoms with E-state index in [4.69, 9.17) is 0 Å². The molecule has 0 spiro atoms. The molecule has 0 aliphatic heterocycles. The number of nitrogens with one attached hydrogen (secondary N) is 1. The predicted molar refractivity (Wildman–Crippen MR) is 103 cm³/mol. The molecule has 0 aliphatic carbocycles. The van der Waals surface area contributed by atoms with Crippen LogP contribution in [-0.4, -0.2) is 15.5 Å². The third kappa shape index (κ3) is 3.58. The minimum Gasteiger partial charge on any atom is -0.324 e. The van der Waals surface area contributed by atoms with E-state index in [-0.39, 0.29) is 12.5 Å². The number of hydrogen-bond donors (Lipinski definition) is 1. The van der Waals surface area contributed by atoms with E-state index in [0.717, 1.165) is 16.7 Å². The molecular formula is C21H25N3O. The fourth-order valence-corrected chi connectivity index (χ4v) is 3.17. The summed E-state index contributed by atoms with van der Waals surface area (Å²) in [6.07, 6.45) is 1.72. The quantitative estimate of drug-likeness (QED) is 0.719. The summed E-state index contributed by atoms with van der Waals surface area (Å²) in [5.74, 6) is 0.671. The summed E-state index contributed by atoms with van der Waals surface area (Å²) in [6, 6.07) is 14.1. The lowest BCUT2D eigenvalue weighted by molar-refractivity contribution is -0.116. The van der Waals surface area contributed by atoms with Gasteiger partial charge in [-0.3, -0.25) is 4.79 Å². The van der Waals surface area contributed by atoms with Gasteiger partial charge in [0.1, 0.15) is 6.54 Å². The van der Waals surface area contributed by atoms with Crippen molar-refractivity contribution in [3.63, 3.8) is 0 Å². The van der Waals surface area contributed by atoms with Crippen LogP contribution in [-0.2, 0) is 11.3 Å². The van der Waals surface area contributed by atoms with Crippen molar-refractivity contribution in [2.75, 3.05) is 5.32 Å². The fraction of sp³-hybridized carbons (Fsp3) is 0.333. The Labute approximate surface area is 148 Å². The number of imidazole rings is 1. The molecule has 0 atom stereocenters. The number of carbonyl (C=O) groups excluding carboxylic acids is 1. The molecule has 1 aromatic heterocycles. The van der Waals surface area contributed by atoms with Crippen LogP contribution in [0.1, 0.15) is 50.7 Å². The second-order valence-corrected chi connectivity index (χ2v) is 7.03. The molecular weight excluding hydrogens is 310 g/mol. The van der Waals surface area contributed by atoms with Gasteiger partial charge in [-0.25, -0.2) is 4.98 Å². The third-order valence-corrected chi connectivity index (χ3v) is 4.48. The second-order valence-electron chi connectivity index (χ2n) is 7.03. The Morgan fingerprint density at radius 1 is 1.00 bits per heavy atom. The number of amides is 1. The van der Waals surface area contributed by atoms with Crippen molar-refractivity contribution in [3.8, 4) is 0 Å². The van der Waals surface area contributed by atoms with Gasteiger partial charge in [-0.05, 0) is 35.1 Å². The molecule has 1 heterocycles. The largest absolute Gasteiger partial charge is 0.324 e. The smallest absolute Gasteiger partial charge is 0.244 e. The van der Waals surface area contributed by atoms with Crippen LogP contribution in [0.15, 0.2) is 48.8 Å². The number of carbonyl (C=O) groups is 1. The first-order chi connectivity index (χ1) is 12.0. The van der Waals surface area contributed by atoms with E-state index in [0.29, 0.717) is 11.8 Å². The highest BCUT2D eigenvalue weighted by atomic mass is 16.1. The highest BCUT2D eigenvalue weighted by Gasteiger charge is 2.16.